The molecule has 1 N–H and O–H groups in total. The van der Waals surface area contributed by atoms with Crippen LogP contribution in [0.5, 0.6) is 0 Å². The SMILES string of the molecule is CCOC(=Cc1ccc(C(C)=O)cc1)C(=O)O. The van der Waals surface area contributed by atoms with Crippen LogP contribution in [0.3, 0.4) is 0 Å². The monoisotopic (exact) mass is 234 g/mol. The van der Waals surface area contributed by atoms with Crippen molar-refractivity contribution in [3.05, 3.63) is 41.2 Å². The van der Waals surface area contributed by atoms with Gasteiger partial charge in [-0.1, -0.05) is 24.3 Å². The van der Waals surface area contributed by atoms with Crippen molar-refractivity contribution in [3.63, 3.8) is 0 Å². The Bertz CT molecular complexity index is 443. The number of aliphatic carboxylic acids is 1. The Kier molecular flexibility index (Phi) is 4.46. The molecule has 0 saturated carbocycles. The van der Waals surface area contributed by atoms with E-state index in [2.05, 4.69) is 0 Å². The van der Waals surface area contributed by atoms with Gasteiger partial charge in [0.15, 0.2) is 5.78 Å². The molecule has 0 fully saturated rings. The Hall–Kier alpha value is -2.10. The number of carbonyl (C=O) groups excluding carboxylic acids is 1. The fourth-order valence-electron chi connectivity index (χ4n) is 1.29. The van der Waals surface area contributed by atoms with Crippen molar-refractivity contribution in [2.45, 2.75) is 13.8 Å². The molecule has 0 spiro atoms. The third-order valence-electron chi connectivity index (χ3n) is 2.13. The van der Waals surface area contributed by atoms with Gasteiger partial charge < -0.3 is 9.84 Å². The Morgan fingerprint density at radius 2 is 1.88 bits per heavy atom. The van der Waals surface area contributed by atoms with Crippen LogP contribution in [-0.4, -0.2) is 23.5 Å². The van der Waals surface area contributed by atoms with E-state index in [9.17, 15) is 9.59 Å². The zero-order valence-electron chi connectivity index (χ0n) is 9.77. The second-order valence-corrected chi connectivity index (χ2v) is 3.42. The van der Waals surface area contributed by atoms with Gasteiger partial charge in [0.05, 0.1) is 6.61 Å². The third kappa shape index (κ3) is 3.75. The van der Waals surface area contributed by atoms with E-state index in [0.29, 0.717) is 17.7 Å². The lowest BCUT2D eigenvalue weighted by Crippen LogP contribution is -2.04. The molecule has 0 aliphatic rings. The van der Waals surface area contributed by atoms with E-state index in [1.807, 2.05) is 0 Å². The molecule has 0 heterocycles. The quantitative estimate of drug-likeness (QED) is 0.482. The highest BCUT2D eigenvalue weighted by atomic mass is 16.5. The highest BCUT2D eigenvalue weighted by Crippen LogP contribution is 2.10. The molecule has 1 aromatic carbocycles. The smallest absolute Gasteiger partial charge is 0.371 e. The van der Waals surface area contributed by atoms with Gasteiger partial charge in [-0.15, -0.1) is 0 Å². The van der Waals surface area contributed by atoms with Gasteiger partial charge >= 0.3 is 5.97 Å². The zero-order chi connectivity index (χ0) is 12.8. The summed E-state index contributed by atoms with van der Waals surface area (Å²) in [6, 6.07) is 6.66. The fraction of sp³-hybridized carbons (Fsp3) is 0.231. The fourth-order valence-corrected chi connectivity index (χ4v) is 1.29. The Morgan fingerprint density at radius 1 is 1.29 bits per heavy atom. The Balaban J connectivity index is 2.96. The molecule has 0 aliphatic carbocycles. The highest BCUT2D eigenvalue weighted by molar-refractivity contribution is 5.94. The van der Waals surface area contributed by atoms with Crippen LogP contribution >= 0.6 is 0 Å². The second kappa shape index (κ2) is 5.84. The molecule has 0 aromatic heterocycles. The third-order valence-corrected chi connectivity index (χ3v) is 2.13. The molecule has 4 heteroatoms. The van der Waals surface area contributed by atoms with Crippen molar-refractivity contribution in [1.29, 1.82) is 0 Å². The first-order valence-electron chi connectivity index (χ1n) is 5.23. The number of carboxylic acids is 1. The van der Waals surface area contributed by atoms with Gasteiger partial charge in [0, 0.05) is 5.56 Å². The molecule has 4 nitrogen and oxygen atoms in total. The summed E-state index contributed by atoms with van der Waals surface area (Å²) in [5.41, 5.74) is 1.27. The van der Waals surface area contributed by atoms with Crippen molar-refractivity contribution in [1.82, 2.24) is 0 Å². The van der Waals surface area contributed by atoms with Crippen molar-refractivity contribution >= 4 is 17.8 Å². The van der Waals surface area contributed by atoms with E-state index >= 15 is 0 Å². The average molecular weight is 234 g/mol. The number of benzene rings is 1. The van der Waals surface area contributed by atoms with E-state index in [4.69, 9.17) is 9.84 Å². The maximum Gasteiger partial charge on any atom is 0.371 e. The molecular weight excluding hydrogens is 220 g/mol. The number of ether oxygens (including phenoxy) is 1. The van der Waals surface area contributed by atoms with Crippen LogP contribution in [0.25, 0.3) is 6.08 Å². The summed E-state index contributed by atoms with van der Waals surface area (Å²) in [5, 5.41) is 8.86. The number of carbonyl (C=O) groups is 2. The van der Waals surface area contributed by atoms with Gasteiger partial charge in [0.25, 0.3) is 0 Å². The summed E-state index contributed by atoms with van der Waals surface area (Å²) in [6.07, 6.45) is 1.43. The number of hydrogen-bond donors (Lipinski definition) is 1. The largest absolute Gasteiger partial charge is 0.487 e. The predicted octanol–water partition coefficient (Wildman–Crippen LogP) is 2.35. The Labute approximate surface area is 99.5 Å². The van der Waals surface area contributed by atoms with E-state index in [-0.39, 0.29) is 11.5 Å². The van der Waals surface area contributed by atoms with Crippen LogP contribution < -0.4 is 0 Å². The van der Waals surface area contributed by atoms with Crippen molar-refractivity contribution < 1.29 is 19.4 Å². The van der Waals surface area contributed by atoms with Gasteiger partial charge in [-0.3, -0.25) is 4.79 Å². The number of ketones is 1. The minimum Gasteiger partial charge on any atom is -0.487 e. The number of carboxylic acid groups (broad SMARTS) is 1. The summed E-state index contributed by atoms with van der Waals surface area (Å²) in [6.45, 7) is 3.49. The molecule has 0 aliphatic heterocycles. The summed E-state index contributed by atoms with van der Waals surface area (Å²) in [5.74, 6) is -1.24. The predicted molar refractivity (Wildman–Crippen MR) is 63.7 cm³/mol. The maximum atomic E-state index is 11.1. The summed E-state index contributed by atoms with van der Waals surface area (Å²) in [4.78, 5) is 21.9. The van der Waals surface area contributed by atoms with Crippen LogP contribution in [-0.2, 0) is 9.53 Å². The molecule has 0 bridgehead atoms. The van der Waals surface area contributed by atoms with Crippen LogP contribution in [0.1, 0.15) is 29.8 Å². The molecule has 90 valence electrons. The van der Waals surface area contributed by atoms with Gasteiger partial charge in [0.1, 0.15) is 0 Å². The molecular formula is C13H14O4. The van der Waals surface area contributed by atoms with Crippen LogP contribution in [0.2, 0.25) is 0 Å². The lowest BCUT2D eigenvalue weighted by Gasteiger charge is -2.03. The van der Waals surface area contributed by atoms with Gasteiger partial charge in [0.2, 0.25) is 5.76 Å². The van der Waals surface area contributed by atoms with Gasteiger partial charge in [-0.25, -0.2) is 4.79 Å². The lowest BCUT2D eigenvalue weighted by molar-refractivity contribution is -0.136. The average Bonchev–Trinajstić information content (AvgIpc) is 2.29. The molecule has 17 heavy (non-hydrogen) atoms. The van der Waals surface area contributed by atoms with Crippen LogP contribution in [0.15, 0.2) is 30.0 Å². The first-order valence-corrected chi connectivity index (χ1v) is 5.23. The highest BCUT2D eigenvalue weighted by Gasteiger charge is 2.07. The number of rotatable bonds is 5. The minimum absolute atomic E-state index is 0.0243. The van der Waals surface area contributed by atoms with Crippen molar-refractivity contribution in [3.8, 4) is 0 Å². The standard InChI is InChI=1S/C13H14O4/c1-3-17-12(13(15)16)8-10-4-6-11(7-5-10)9(2)14/h4-8H,3H2,1-2H3,(H,15,16). The zero-order valence-corrected chi connectivity index (χ0v) is 9.77. The normalized spacial score (nSPS) is 11.1. The van der Waals surface area contributed by atoms with Crippen molar-refractivity contribution in [2.24, 2.45) is 0 Å². The van der Waals surface area contributed by atoms with Crippen molar-refractivity contribution in [2.75, 3.05) is 6.61 Å². The van der Waals surface area contributed by atoms with Crippen LogP contribution in [0, 0.1) is 0 Å². The first-order chi connectivity index (χ1) is 8.04. The molecule has 0 amide bonds. The first kappa shape index (κ1) is 13.0. The van der Waals surface area contributed by atoms with E-state index in [1.54, 1.807) is 31.2 Å². The molecule has 0 atom stereocenters. The molecule has 0 unspecified atom stereocenters. The van der Waals surface area contributed by atoms with Gasteiger partial charge in [-0.05, 0) is 25.5 Å². The second-order valence-electron chi connectivity index (χ2n) is 3.42. The number of Topliss-reactive ketones (excluding diaryl/α,β-unsaturated/α-hetero) is 1. The van der Waals surface area contributed by atoms with E-state index in [1.165, 1.54) is 13.0 Å². The lowest BCUT2D eigenvalue weighted by atomic mass is 10.1. The summed E-state index contributed by atoms with van der Waals surface area (Å²) < 4.78 is 4.98. The number of hydrogen-bond acceptors (Lipinski definition) is 3. The van der Waals surface area contributed by atoms with E-state index < -0.39 is 5.97 Å². The molecule has 1 rings (SSSR count). The topological polar surface area (TPSA) is 63.6 Å². The minimum atomic E-state index is -1.11. The molecule has 1 aromatic rings. The Morgan fingerprint density at radius 3 is 2.29 bits per heavy atom. The summed E-state index contributed by atoms with van der Waals surface area (Å²) in [7, 11) is 0. The maximum absolute atomic E-state index is 11.1. The van der Waals surface area contributed by atoms with Gasteiger partial charge in [-0.2, -0.15) is 0 Å². The van der Waals surface area contributed by atoms with Crippen LogP contribution in [0.4, 0.5) is 0 Å². The molecule has 0 radical (unpaired) electrons. The van der Waals surface area contributed by atoms with E-state index in [0.717, 1.165) is 0 Å². The summed E-state index contributed by atoms with van der Waals surface area (Å²) >= 11 is 0. The molecule has 0 saturated heterocycles.